The van der Waals surface area contributed by atoms with E-state index in [0.717, 1.165) is 16.5 Å². The predicted octanol–water partition coefficient (Wildman–Crippen LogP) is 4.51. The van der Waals surface area contributed by atoms with Gasteiger partial charge in [0.1, 0.15) is 5.69 Å². The molecule has 0 aliphatic carbocycles. The van der Waals surface area contributed by atoms with Crippen molar-refractivity contribution in [1.82, 2.24) is 10.3 Å². The lowest BCUT2D eigenvalue weighted by Crippen LogP contribution is -2.38. The molecule has 1 heterocycles. The molecule has 3 aromatic rings. The Morgan fingerprint density at radius 2 is 1.79 bits per heavy atom. The summed E-state index contributed by atoms with van der Waals surface area (Å²) in [6.45, 7) is 1.86. The lowest BCUT2D eigenvalue weighted by Gasteiger charge is -2.21. The summed E-state index contributed by atoms with van der Waals surface area (Å²) in [5.41, 5.74) is 1.75. The molecule has 1 atom stereocenters. The maximum Gasteiger partial charge on any atom is 0.412 e. The highest BCUT2D eigenvalue weighted by Gasteiger charge is 2.42. The van der Waals surface area contributed by atoms with Crippen LogP contribution in [0.1, 0.15) is 27.7 Å². The van der Waals surface area contributed by atoms with Gasteiger partial charge in [0.15, 0.2) is 6.04 Å². The Morgan fingerprint density at radius 1 is 1.08 bits per heavy atom. The van der Waals surface area contributed by atoms with E-state index in [2.05, 4.69) is 10.3 Å². The molecule has 0 aliphatic heterocycles. The summed E-state index contributed by atoms with van der Waals surface area (Å²) in [5.74, 6) is -0.795. The van der Waals surface area contributed by atoms with Crippen LogP contribution in [-0.2, 0) is 0 Å². The van der Waals surface area contributed by atoms with Crippen molar-refractivity contribution < 1.29 is 18.0 Å². The standard InChI is InChI=1S/C18H15F3N2O/c1-11-6-5-9-13-10-14(22-15(11)13)17(24)23-16(18(19,20)21)12-7-3-2-4-8-12/h2-10,16,22H,1H3,(H,23,24). The molecular weight excluding hydrogens is 317 g/mol. The zero-order valence-electron chi connectivity index (χ0n) is 12.8. The van der Waals surface area contributed by atoms with Crippen LogP contribution in [0.15, 0.2) is 54.6 Å². The number of aromatic nitrogens is 1. The second-order valence-corrected chi connectivity index (χ2v) is 5.58. The fourth-order valence-corrected chi connectivity index (χ4v) is 2.64. The number of para-hydroxylation sites is 1. The summed E-state index contributed by atoms with van der Waals surface area (Å²) in [6.07, 6.45) is -4.58. The van der Waals surface area contributed by atoms with Gasteiger partial charge in [-0.3, -0.25) is 4.79 Å². The van der Waals surface area contributed by atoms with Gasteiger partial charge in [0.25, 0.3) is 5.91 Å². The molecule has 0 fully saturated rings. The van der Waals surface area contributed by atoms with Crippen LogP contribution < -0.4 is 5.32 Å². The van der Waals surface area contributed by atoms with Crippen LogP contribution in [0.5, 0.6) is 0 Å². The third-order valence-electron chi connectivity index (χ3n) is 3.84. The summed E-state index contributed by atoms with van der Waals surface area (Å²) in [6, 6.07) is 12.3. The third-order valence-corrected chi connectivity index (χ3v) is 3.84. The highest BCUT2D eigenvalue weighted by Crippen LogP contribution is 2.33. The summed E-state index contributed by atoms with van der Waals surface area (Å²) in [5, 5.41) is 2.86. The Balaban J connectivity index is 1.91. The van der Waals surface area contributed by atoms with Crippen LogP contribution in [0.25, 0.3) is 10.9 Å². The van der Waals surface area contributed by atoms with Gasteiger partial charge in [-0.25, -0.2) is 0 Å². The number of aryl methyl sites for hydroxylation is 1. The normalized spacial score (nSPS) is 13.0. The number of carbonyl (C=O) groups is 1. The quantitative estimate of drug-likeness (QED) is 0.728. The molecule has 1 unspecified atom stereocenters. The van der Waals surface area contributed by atoms with E-state index >= 15 is 0 Å². The summed E-state index contributed by atoms with van der Waals surface area (Å²) < 4.78 is 40.0. The molecule has 0 saturated carbocycles. The SMILES string of the molecule is Cc1cccc2cc(C(=O)NC(c3ccccc3)C(F)(F)F)[nH]c12. The number of hydrogen-bond acceptors (Lipinski definition) is 1. The van der Waals surface area contributed by atoms with Crippen molar-refractivity contribution >= 4 is 16.8 Å². The van der Waals surface area contributed by atoms with Crippen LogP contribution in [0.3, 0.4) is 0 Å². The molecule has 2 N–H and O–H groups in total. The van der Waals surface area contributed by atoms with Crippen molar-refractivity contribution in [2.45, 2.75) is 19.1 Å². The number of amides is 1. The Morgan fingerprint density at radius 3 is 2.42 bits per heavy atom. The molecule has 1 amide bonds. The minimum Gasteiger partial charge on any atom is -0.350 e. The molecule has 0 bridgehead atoms. The lowest BCUT2D eigenvalue weighted by molar-refractivity contribution is -0.155. The largest absolute Gasteiger partial charge is 0.412 e. The van der Waals surface area contributed by atoms with Gasteiger partial charge < -0.3 is 10.3 Å². The van der Waals surface area contributed by atoms with Crippen molar-refractivity contribution in [2.24, 2.45) is 0 Å². The molecule has 2 aromatic carbocycles. The maximum atomic E-state index is 13.3. The highest BCUT2D eigenvalue weighted by atomic mass is 19.4. The minimum absolute atomic E-state index is 0.00867. The average molecular weight is 332 g/mol. The molecule has 0 aliphatic rings. The lowest BCUT2D eigenvalue weighted by atomic mass is 10.1. The first kappa shape index (κ1) is 16.1. The molecule has 1 aromatic heterocycles. The van der Waals surface area contributed by atoms with E-state index in [9.17, 15) is 18.0 Å². The highest BCUT2D eigenvalue weighted by molar-refractivity contribution is 5.98. The van der Waals surface area contributed by atoms with E-state index in [4.69, 9.17) is 0 Å². The third kappa shape index (κ3) is 3.13. The second kappa shape index (κ2) is 6.03. The molecule has 3 rings (SSSR count). The maximum absolute atomic E-state index is 13.3. The Hall–Kier alpha value is -2.76. The molecule has 124 valence electrons. The Labute approximate surface area is 136 Å². The number of aromatic amines is 1. The first-order valence-electron chi connectivity index (χ1n) is 7.37. The minimum atomic E-state index is -4.58. The number of alkyl halides is 3. The van der Waals surface area contributed by atoms with Crippen LogP contribution in [0.4, 0.5) is 13.2 Å². The van der Waals surface area contributed by atoms with Crippen LogP contribution in [-0.4, -0.2) is 17.1 Å². The molecular formula is C18H15F3N2O. The van der Waals surface area contributed by atoms with Crippen molar-refractivity contribution in [2.75, 3.05) is 0 Å². The van der Waals surface area contributed by atoms with Crippen LogP contribution in [0.2, 0.25) is 0 Å². The van der Waals surface area contributed by atoms with Gasteiger partial charge in [0.05, 0.1) is 0 Å². The first-order valence-corrected chi connectivity index (χ1v) is 7.37. The number of fused-ring (bicyclic) bond motifs is 1. The number of nitrogens with one attached hydrogen (secondary N) is 2. The summed E-state index contributed by atoms with van der Waals surface area (Å²) in [4.78, 5) is 15.2. The van der Waals surface area contributed by atoms with Gasteiger partial charge in [-0.15, -0.1) is 0 Å². The van der Waals surface area contributed by atoms with Gasteiger partial charge in [-0.2, -0.15) is 13.2 Å². The van der Waals surface area contributed by atoms with Crippen molar-refractivity contribution in [3.63, 3.8) is 0 Å². The molecule has 24 heavy (non-hydrogen) atoms. The van der Waals surface area contributed by atoms with Gasteiger partial charge in [0.2, 0.25) is 0 Å². The number of halogens is 3. The van der Waals surface area contributed by atoms with Gasteiger partial charge >= 0.3 is 6.18 Å². The molecule has 6 heteroatoms. The van der Waals surface area contributed by atoms with Gasteiger partial charge in [-0.1, -0.05) is 48.5 Å². The van der Waals surface area contributed by atoms with Crippen molar-refractivity contribution in [1.29, 1.82) is 0 Å². The second-order valence-electron chi connectivity index (χ2n) is 5.58. The number of hydrogen-bond donors (Lipinski definition) is 2. The number of rotatable bonds is 3. The Bertz CT molecular complexity index is 869. The van der Waals surface area contributed by atoms with E-state index in [-0.39, 0.29) is 11.3 Å². The summed E-state index contributed by atoms with van der Waals surface area (Å²) >= 11 is 0. The monoisotopic (exact) mass is 332 g/mol. The fourth-order valence-electron chi connectivity index (χ4n) is 2.64. The fraction of sp³-hybridized carbons (Fsp3) is 0.167. The molecule has 3 nitrogen and oxygen atoms in total. The van der Waals surface area contributed by atoms with E-state index in [1.807, 2.05) is 19.1 Å². The van der Waals surface area contributed by atoms with E-state index < -0.39 is 18.1 Å². The summed E-state index contributed by atoms with van der Waals surface area (Å²) in [7, 11) is 0. The Kier molecular flexibility index (Phi) is 4.05. The van der Waals surface area contributed by atoms with E-state index in [0.29, 0.717) is 0 Å². The molecule has 0 radical (unpaired) electrons. The first-order chi connectivity index (χ1) is 11.4. The van der Waals surface area contributed by atoms with Crippen molar-refractivity contribution in [3.05, 3.63) is 71.4 Å². The van der Waals surface area contributed by atoms with E-state index in [1.165, 1.54) is 24.3 Å². The van der Waals surface area contributed by atoms with E-state index in [1.54, 1.807) is 18.2 Å². The smallest absolute Gasteiger partial charge is 0.350 e. The topological polar surface area (TPSA) is 44.9 Å². The predicted molar refractivity (Wildman–Crippen MR) is 85.7 cm³/mol. The molecule has 0 spiro atoms. The zero-order chi connectivity index (χ0) is 17.3. The van der Waals surface area contributed by atoms with Gasteiger partial charge in [0, 0.05) is 10.9 Å². The van der Waals surface area contributed by atoms with Crippen molar-refractivity contribution in [3.8, 4) is 0 Å². The zero-order valence-corrected chi connectivity index (χ0v) is 12.8. The van der Waals surface area contributed by atoms with Crippen LogP contribution >= 0.6 is 0 Å². The number of H-pyrrole nitrogens is 1. The van der Waals surface area contributed by atoms with Crippen LogP contribution in [0, 0.1) is 6.92 Å². The van der Waals surface area contributed by atoms with Gasteiger partial charge in [-0.05, 0) is 24.1 Å². The number of benzene rings is 2. The number of carbonyl (C=O) groups excluding carboxylic acids is 1. The average Bonchev–Trinajstić information content (AvgIpc) is 2.98. The molecule has 0 saturated heterocycles.